The Morgan fingerprint density at radius 1 is 1.09 bits per heavy atom. The van der Waals surface area contributed by atoms with E-state index in [1.807, 2.05) is 30.3 Å². The molecule has 0 saturated carbocycles. The number of amides is 1. The highest BCUT2D eigenvalue weighted by Gasteiger charge is 2.00. The van der Waals surface area contributed by atoms with Gasteiger partial charge in [0.05, 0.1) is 0 Å². The molecule has 0 radical (unpaired) electrons. The van der Waals surface area contributed by atoms with Gasteiger partial charge in [-0.25, -0.2) is 4.79 Å². The van der Waals surface area contributed by atoms with Crippen LogP contribution in [0, 0.1) is 11.8 Å². The zero-order valence-electron chi connectivity index (χ0n) is 12.3. The van der Waals surface area contributed by atoms with Crippen molar-refractivity contribution in [1.82, 2.24) is 5.32 Å². The molecule has 118 valence electrons. The van der Waals surface area contributed by atoms with Gasteiger partial charge in [-0.3, -0.25) is 0 Å². The van der Waals surface area contributed by atoms with E-state index in [4.69, 9.17) is 27.9 Å². The first-order valence-electron chi connectivity index (χ1n) is 7.03. The van der Waals surface area contributed by atoms with Gasteiger partial charge in [-0.05, 0) is 23.8 Å². The van der Waals surface area contributed by atoms with Gasteiger partial charge in [0.25, 0.3) is 0 Å². The number of nitrogens with one attached hydrogen (secondary N) is 1. The Kier molecular flexibility index (Phi) is 6.80. The number of carbonyl (C=O) groups is 1. The van der Waals surface area contributed by atoms with Crippen LogP contribution in [0.3, 0.4) is 0 Å². The van der Waals surface area contributed by atoms with Crippen molar-refractivity contribution in [1.29, 1.82) is 0 Å². The predicted octanol–water partition coefficient (Wildman–Crippen LogP) is 4.66. The average Bonchev–Trinajstić information content (AvgIpc) is 2.53. The topological polar surface area (TPSA) is 38.3 Å². The van der Waals surface area contributed by atoms with Crippen LogP contribution < -0.4 is 5.32 Å². The van der Waals surface area contributed by atoms with Crippen LogP contribution in [-0.2, 0) is 11.3 Å². The van der Waals surface area contributed by atoms with E-state index in [1.54, 1.807) is 18.2 Å². The number of ether oxygens (including phenoxy) is 1. The second-order valence-corrected chi connectivity index (χ2v) is 5.57. The number of halogens is 2. The Bertz CT molecular complexity index is 701. The summed E-state index contributed by atoms with van der Waals surface area (Å²) in [6.45, 7) is 0.661. The Hall–Kier alpha value is -2.15. The van der Waals surface area contributed by atoms with E-state index in [0.717, 1.165) is 11.1 Å². The lowest BCUT2D eigenvalue weighted by Gasteiger charge is -2.05. The highest BCUT2D eigenvalue weighted by Crippen LogP contribution is 2.18. The molecule has 1 N–H and O–H groups in total. The van der Waals surface area contributed by atoms with Crippen LogP contribution >= 0.6 is 23.2 Å². The summed E-state index contributed by atoms with van der Waals surface area (Å²) in [5.41, 5.74) is 1.69. The molecule has 0 aromatic heterocycles. The molecule has 3 nitrogen and oxygen atoms in total. The van der Waals surface area contributed by atoms with Gasteiger partial charge in [-0.2, -0.15) is 0 Å². The lowest BCUT2D eigenvalue weighted by Crippen LogP contribution is -2.24. The molecule has 0 unspecified atom stereocenters. The number of alkyl carbamates (subject to hydrolysis) is 1. The second kappa shape index (κ2) is 9.09. The van der Waals surface area contributed by atoms with E-state index in [1.165, 1.54) is 0 Å². The molecule has 0 aliphatic heterocycles. The minimum atomic E-state index is -0.457. The Balaban J connectivity index is 1.69. The van der Waals surface area contributed by atoms with Crippen molar-refractivity contribution in [3.63, 3.8) is 0 Å². The van der Waals surface area contributed by atoms with Gasteiger partial charge in [0.15, 0.2) is 0 Å². The van der Waals surface area contributed by atoms with E-state index in [9.17, 15) is 4.79 Å². The minimum Gasteiger partial charge on any atom is -0.445 e. The zero-order valence-corrected chi connectivity index (χ0v) is 13.8. The fraction of sp³-hybridized carbons (Fsp3) is 0.167. The van der Waals surface area contributed by atoms with Crippen LogP contribution in [0.4, 0.5) is 4.79 Å². The largest absolute Gasteiger partial charge is 0.445 e. The molecule has 0 saturated heterocycles. The van der Waals surface area contributed by atoms with Crippen LogP contribution in [0.5, 0.6) is 0 Å². The molecule has 0 aliphatic carbocycles. The van der Waals surface area contributed by atoms with Gasteiger partial charge in [0.2, 0.25) is 0 Å². The van der Waals surface area contributed by atoms with Crippen molar-refractivity contribution < 1.29 is 9.53 Å². The molecular formula is C18H15Cl2NO2. The Morgan fingerprint density at radius 3 is 2.48 bits per heavy atom. The van der Waals surface area contributed by atoms with Gasteiger partial charge >= 0.3 is 6.09 Å². The van der Waals surface area contributed by atoms with Gasteiger partial charge in [0.1, 0.15) is 6.61 Å². The van der Waals surface area contributed by atoms with E-state index in [0.29, 0.717) is 23.0 Å². The van der Waals surface area contributed by atoms with E-state index >= 15 is 0 Å². The number of hydrogen-bond acceptors (Lipinski definition) is 2. The summed E-state index contributed by atoms with van der Waals surface area (Å²) >= 11 is 11.8. The first-order chi connectivity index (χ1) is 11.1. The maximum Gasteiger partial charge on any atom is 0.407 e. The molecule has 2 rings (SSSR count). The Labute approximate surface area is 145 Å². The van der Waals surface area contributed by atoms with Gasteiger partial charge in [-0.15, -0.1) is 0 Å². The van der Waals surface area contributed by atoms with Crippen LogP contribution in [0.2, 0.25) is 10.0 Å². The van der Waals surface area contributed by atoms with Crippen LogP contribution in [0.15, 0.2) is 48.5 Å². The van der Waals surface area contributed by atoms with Crippen molar-refractivity contribution in [3.05, 3.63) is 69.7 Å². The summed E-state index contributed by atoms with van der Waals surface area (Å²) in [6, 6.07) is 14.6. The summed E-state index contributed by atoms with van der Waals surface area (Å²) < 4.78 is 5.09. The number of benzene rings is 2. The lowest BCUT2D eigenvalue weighted by molar-refractivity contribution is 0.140. The summed E-state index contributed by atoms with van der Waals surface area (Å²) in [7, 11) is 0. The number of carbonyl (C=O) groups excluding carboxylic acids is 1. The van der Waals surface area contributed by atoms with Crippen molar-refractivity contribution in [3.8, 4) is 11.8 Å². The van der Waals surface area contributed by atoms with E-state index in [-0.39, 0.29) is 6.61 Å². The van der Waals surface area contributed by atoms with Crippen molar-refractivity contribution in [2.75, 3.05) is 6.54 Å². The summed E-state index contributed by atoms with van der Waals surface area (Å²) in [4.78, 5) is 11.5. The molecule has 0 atom stereocenters. The molecule has 5 heteroatoms. The predicted molar refractivity (Wildman–Crippen MR) is 92.6 cm³/mol. The maximum absolute atomic E-state index is 11.5. The third-order valence-electron chi connectivity index (χ3n) is 2.83. The number of hydrogen-bond donors (Lipinski definition) is 1. The van der Waals surface area contributed by atoms with Crippen LogP contribution in [0.1, 0.15) is 17.5 Å². The molecule has 0 spiro atoms. The van der Waals surface area contributed by atoms with E-state index < -0.39 is 6.09 Å². The number of rotatable bonds is 4. The van der Waals surface area contributed by atoms with Crippen molar-refractivity contribution >= 4 is 29.3 Å². The summed E-state index contributed by atoms with van der Waals surface area (Å²) in [5, 5.41) is 3.74. The smallest absolute Gasteiger partial charge is 0.407 e. The summed E-state index contributed by atoms with van der Waals surface area (Å²) in [5.74, 6) is 5.89. The van der Waals surface area contributed by atoms with Crippen LogP contribution in [0.25, 0.3) is 0 Å². The molecule has 0 fully saturated rings. The quantitative estimate of drug-likeness (QED) is 0.645. The first-order valence-corrected chi connectivity index (χ1v) is 7.78. The van der Waals surface area contributed by atoms with Crippen molar-refractivity contribution in [2.24, 2.45) is 0 Å². The third kappa shape index (κ3) is 6.65. The molecule has 2 aromatic rings. The summed E-state index contributed by atoms with van der Waals surface area (Å²) in [6.07, 6.45) is 0.0475. The zero-order chi connectivity index (χ0) is 16.5. The highest BCUT2D eigenvalue weighted by atomic mass is 35.5. The monoisotopic (exact) mass is 347 g/mol. The Morgan fingerprint density at radius 2 is 1.78 bits per heavy atom. The first kappa shape index (κ1) is 17.2. The molecule has 0 bridgehead atoms. The molecule has 23 heavy (non-hydrogen) atoms. The van der Waals surface area contributed by atoms with Gasteiger partial charge < -0.3 is 10.1 Å². The molecule has 2 aromatic carbocycles. The average molecular weight is 348 g/mol. The normalized spacial score (nSPS) is 9.65. The van der Waals surface area contributed by atoms with E-state index in [2.05, 4.69) is 17.2 Å². The molecule has 1 amide bonds. The van der Waals surface area contributed by atoms with Crippen LogP contribution in [-0.4, -0.2) is 12.6 Å². The van der Waals surface area contributed by atoms with Gasteiger partial charge in [0, 0.05) is 28.6 Å². The molecular weight excluding hydrogens is 333 g/mol. The van der Waals surface area contributed by atoms with Crippen molar-refractivity contribution in [2.45, 2.75) is 13.0 Å². The third-order valence-corrected chi connectivity index (χ3v) is 3.26. The molecule has 0 heterocycles. The fourth-order valence-corrected chi connectivity index (χ4v) is 2.32. The minimum absolute atomic E-state index is 0.249. The maximum atomic E-state index is 11.5. The van der Waals surface area contributed by atoms with Gasteiger partial charge in [-0.1, -0.05) is 65.4 Å². The highest BCUT2D eigenvalue weighted by molar-refractivity contribution is 6.34. The fourth-order valence-electron chi connectivity index (χ4n) is 1.79. The lowest BCUT2D eigenvalue weighted by atomic mass is 10.2. The molecule has 0 aliphatic rings. The SMILES string of the molecule is O=C(NCCC#Cc1cc(Cl)cc(Cl)c1)OCc1ccccc1. The second-order valence-electron chi connectivity index (χ2n) is 4.70. The standard InChI is InChI=1S/C18H15Cl2NO2/c19-16-10-15(11-17(20)12-16)8-4-5-9-21-18(22)23-13-14-6-2-1-3-7-14/h1-3,6-7,10-12H,5,9,13H2,(H,21,22).